The van der Waals surface area contributed by atoms with Crippen molar-refractivity contribution in [2.45, 2.75) is 19.8 Å². The Labute approximate surface area is 174 Å². The molecule has 0 aliphatic heterocycles. The molecule has 0 fully saturated rings. The lowest BCUT2D eigenvalue weighted by Crippen LogP contribution is -2.08. The van der Waals surface area contributed by atoms with Gasteiger partial charge in [0.15, 0.2) is 11.6 Å². The molecule has 0 aliphatic rings. The van der Waals surface area contributed by atoms with Crippen LogP contribution in [0.15, 0.2) is 54.6 Å². The highest BCUT2D eigenvalue weighted by molar-refractivity contribution is 6.01. The van der Waals surface area contributed by atoms with Gasteiger partial charge in [0, 0.05) is 24.0 Å². The molecule has 30 heavy (non-hydrogen) atoms. The third kappa shape index (κ3) is 4.71. The van der Waals surface area contributed by atoms with Gasteiger partial charge in [-0.05, 0) is 67.1 Å². The van der Waals surface area contributed by atoms with Crippen LogP contribution >= 0.6 is 0 Å². The van der Waals surface area contributed by atoms with E-state index in [1.807, 2.05) is 0 Å². The number of carbonyl (C=O) groups is 2. The largest absolute Gasteiger partial charge is 0.497 e. The Morgan fingerprint density at radius 3 is 2.23 bits per heavy atom. The maximum atomic E-state index is 13.6. The summed E-state index contributed by atoms with van der Waals surface area (Å²) in [5.41, 5.74) is 2.32. The summed E-state index contributed by atoms with van der Waals surface area (Å²) in [6.45, 7) is 1.66. The summed E-state index contributed by atoms with van der Waals surface area (Å²) in [7, 11) is 3.06. The van der Waals surface area contributed by atoms with E-state index in [-0.39, 0.29) is 35.9 Å². The molecule has 0 radical (unpaired) electrons. The van der Waals surface area contributed by atoms with Crippen LogP contribution in [0.4, 0.5) is 4.39 Å². The number of carbonyl (C=O) groups excluding carboxylic acids is 2. The van der Waals surface area contributed by atoms with E-state index in [4.69, 9.17) is 9.47 Å². The Morgan fingerprint density at radius 2 is 1.60 bits per heavy atom. The molecule has 1 heterocycles. The summed E-state index contributed by atoms with van der Waals surface area (Å²) >= 11 is 0. The molecule has 6 heteroatoms. The van der Waals surface area contributed by atoms with Crippen molar-refractivity contribution in [1.82, 2.24) is 4.98 Å². The SMILES string of the molecule is COc1ccc(C(=O)CCC(=O)c2ccc(OC)c(-c3ccc(F)c(C)c3)n2)cc1. The summed E-state index contributed by atoms with van der Waals surface area (Å²) in [6.07, 6.45) is 0.107. The molecule has 0 spiro atoms. The van der Waals surface area contributed by atoms with Crippen LogP contribution in [-0.2, 0) is 0 Å². The summed E-state index contributed by atoms with van der Waals surface area (Å²) in [5.74, 6) is 0.441. The number of aryl methyl sites for hydroxylation is 1. The van der Waals surface area contributed by atoms with Crippen LogP contribution in [0.1, 0.15) is 39.3 Å². The summed E-state index contributed by atoms with van der Waals surface area (Å²) in [5, 5.41) is 0. The lowest BCUT2D eigenvalue weighted by molar-refractivity contribution is 0.0915. The lowest BCUT2D eigenvalue weighted by Gasteiger charge is -2.11. The van der Waals surface area contributed by atoms with Gasteiger partial charge < -0.3 is 9.47 Å². The Balaban J connectivity index is 1.77. The standard InChI is InChI=1S/C24H22FNO4/c1-15-14-17(6-9-19(15)25)24-23(30-3)13-10-20(26-24)22(28)12-11-21(27)16-4-7-18(29-2)8-5-16/h4-10,13-14H,11-12H2,1-3H3. The van der Waals surface area contributed by atoms with E-state index in [0.717, 1.165) is 0 Å². The number of hydrogen-bond acceptors (Lipinski definition) is 5. The fourth-order valence-corrected chi connectivity index (χ4v) is 3.04. The smallest absolute Gasteiger partial charge is 0.181 e. The molecule has 0 N–H and O–H groups in total. The zero-order valence-corrected chi connectivity index (χ0v) is 17.1. The van der Waals surface area contributed by atoms with Crippen LogP contribution in [0, 0.1) is 12.7 Å². The molecule has 5 nitrogen and oxygen atoms in total. The van der Waals surface area contributed by atoms with Gasteiger partial charge in [-0.25, -0.2) is 9.37 Å². The van der Waals surface area contributed by atoms with E-state index in [9.17, 15) is 14.0 Å². The number of ether oxygens (including phenoxy) is 2. The Morgan fingerprint density at radius 1 is 0.900 bits per heavy atom. The van der Waals surface area contributed by atoms with Gasteiger partial charge in [0.05, 0.1) is 14.2 Å². The van der Waals surface area contributed by atoms with Gasteiger partial charge in [0.1, 0.15) is 28.7 Å². The second-order valence-electron chi connectivity index (χ2n) is 6.79. The van der Waals surface area contributed by atoms with Gasteiger partial charge in [0.2, 0.25) is 0 Å². The topological polar surface area (TPSA) is 65.5 Å². The van der Waals surface area contributed by atoms with Crippen LogP contribution in [0.5, 0.6) is 11.5 Å². The molecule has 2 aromatic carbocycles. The van der Waals surface area contributed by atoms with E-state index in [1.165, 1.54) is 13.2 Å². The molecule has 0 saturated heterocycles. The van der Waals surface area contributed by atoms with Crippen molar-refractivity contribution < 1.29 is 23.5 Å². The maximum Gasteiger partial charge on any atom is 0.181 e. The van der Waals surface area contributed by atoms with Crippen molar-refractivity contribution in [2.75, 3.05) is 14.2 Å². The number of ketones is 2. The van der Waals surface area contributed by atoms with Crippen LogP contribution in [-0.4, -0.2) is 30.8 Å². The molecule has 1 aromatic heterocycles. The molecule has 0 amide bonds. The Kier molecular flexibility index (Phi) is 6.57. The monoisotopic (exact) mass is 407 g/mol. The van der Waals surface area contributed by atoms with E-state index in [1.54, 1.807) is 62.6 Å². The van der Waals surface area contributed by atoms with Crippen LogP contribution < -0.4 is 9.47 Å². The number of Topliss-reactive ketones (excluding diaryl/α,β-unsaturated/α-hetero) is 2. The molecule has 0 bridgehead atoms. The molecular weight excluding hydrogens is 385 g/mol. The zero-order chi connectivity index (χ0) is 21.7. The highest BCUT2D eigenvalue weighted by Gasteiger charge is 2.16. The number of pyridine rings is 1. The molecule has 0 unspecified atom stereocenters. The van der Waals surface area contributed by atoms with E-state index < -0.39 is 0 Å². The minimum atomic E-state index is -0.318. The maximum absolute atomic E-state index is 13.6. The molecule has 0 saturated carbocycles. The van der Waals surface area contributed by atoms with Crippen molar-refractivity contribution in [3.8, 4) is 22.8 Å². The van der Waals surface area contributed by atoms with Crippen LogP contribution in [0.2, 0.25) is 0 Å². The number of hydrogen-bond donors (Lipinski definition) is 0. The summed E-state index contributed by atoms with van der Waals surface area (Å²) in [4.78, 5) is 29.5. The summed E-state index contributed by atoms with van der Waals surface area (Å²) < 4.78 is 24.0. The first-order valence-electron chi connectivity index (χ1n) is 9.45. The second kappa shape index (κ2) is 9.31. The number of methoxy groups -OCH3 is 2. The van der Waals surface area contributed by atoms with Crippen molar-refractivity contribution in [1.29, 1.82) is 0 Å². The highest BCUT2D eigenvalue weighted by Crippen LogP contribution is 2.29. The predicted octanol–water partition coefficient (Wildman–Crippen LogP) is 5.06. The number of rotatable bonds is 8. The Hall–Kier alpha value is -3.54. The third-order valence-electron chi connectivity index (χ3n) is 4.79. The van der Waals surface area contributed by atoms with Crippen molar-refractivity contribution in [3.63, 3.8) is 0 Å². The van der Waals surface area contributed by atoms with Gasteiger partial charge in [-0.15, -0.1) is 0 Å². The third-order valence-corrected chi connectivity index (χ3v) is 4.79. The molecule has 3 rings (SSSR count). The quantitative estimate of drug-likeness (QED) is 0.489. The lowest BCUT2D eigenvalue weighted by atomic mass is 10.0. The first kappa shape index (κ1) is 21.2. The second-order valence-corrected chi connectivity index (χ2v) is 6.79. The normalized spacial score (nSPS) is 10.5. The number of nitrogens with zero attached hydrogens (tertiary/aromatic N) is 1. The Bertz CT molecular complexity index is 1080. The van der Waals surface area contributed by atoms with Gasteiger partial charge >= 0.3 is 0 Å². The van der Waals surface area contributed by atoms with Gasteiger partial charge in [-0.3, -0.25) is 9.59 Å². The van der Waals surface area contributed by atoms with E-state index in [0.29, 0.717) is 33.9 Å². The number of benzene rings is 2. The van der Waals surface area contributed by atoms with Gasteiger partial charge in [-0.1, -0.05) is 0 Å². The van der Waals surface area contributed by atoms with E-state index >= 15 is 0 Å². The number of halogens is 1. The minimum Gasteiger partial charge on any atom is -0.497 e. The fraction of sp³-hybridized carbons (Fsp3) is 0.208. The van der Waals surface area contributed by atoms with Crippen molar-refractivity contribution in [2.24, 2.45) is 0 Å². The minimum absolute atomic E-state index is 0.0338. The van der Waals surface area contributed by atoms with Crippen LogP contribution in [0.3, 0.4) is 0 Å². The molecule has 3 aromatic rings. The van der Waals surface area contributed by atoms with Gasteiger partial charge in [0.25, 0.3) is 0 Å². The fourth-order valence-electron chi connectivity index (χ4n) is 3.04. The summed E-state index contributed by atoms with van der Waals surface area (Å²) in [6, 6.07) is 14.6. The molecular formula is C24H22FNO4. The molecule has 154 valence electrons. The molecule has 0 aliphatic carbocycles. The first-order chi connectivity index (χ1) is 14.4. The van der Waals surface area contributed by atoms with Crippen molar-refractivity contribution in [3.05, 3.63) is 77.2 Å². The first-order valence-corrected chi connectivity index (χ1v) is 9.45. The van der Waals surface area contributed by atoms with Crippen LogP contribution in [0.25, 0.3) is 11.3 Å². The molecule has 0 atom stereocenters. The number of aromatic nitrogens is 1. The highest BCUT2D eigenvalue weighted by atomic mass is 19.1. The van der Waals surface area contributed by atoms with Crippen molar-refractivity contribution >= 4 is 11.6 Å². The predicted molar refractivity (Wildman–Crippen MR) is 112 cm³/mol. The average molecular weight is 407 g/mol. The van der Waals surface area contributed by atoms with E-state index in [2.05, 4.69) is 4.98 Å². The van der Waals surface area contributed by atoms with Gasteiger partial charge in [-0.2, -0.15) is 0 Å². The zero-order valence-electron chi connectivity index (χ0n) is 17.1. The average Bonchev–Trinajstić information content (AvgIpc) is 2.78.